The lowest BCUT2D eigenvalue weighted by atomic mass is 9.99. The summed E-state index contributed by atoms with van der Waals surface area (Å²) in [7, 11) is 0. The number of nitrogens with one attached hydrogen (secondary N) is 1. The minimum absolute atomic E-state index is 0.114. The SMILES string of the molecule is O=C(N[C@H]1CCN2CCCC[C@H]12)c1cnc2ccccn2c1=O. The van der Waals surface area contributed by atoms with Gasteiger partial charge in [0.25, 0.3) is 11.5 Å². The minimum atomic E-state index is -0.313. The second-order valence-electron chi connectivity index (χ2n) is 6.37. The molecule has 0 radical (unpaired) electrons. The van der Waals surface area contributed by atoms with Crippen molar-refractivity contribution in [1.29, 1.82) is 0 Å². The zero-order chi connectivity index (χ0) is 15.8. The molecule has 2 aliphatic rings. The Morgan fingerprint density at radius 2 is 2.13 bits per heavy atom. The average molecular weight is 312 g/mol. The molecular weight excluding hydrogens is 292 g/mol. The van der Waals surface area contributed by atoms with Crippen molar-refractivity contribution in [2.45, 2.75) is 37.8 Å². The van der Waals surface area contributed by atoms with Gasteiger partial charge >= 0.3 is 0 Å². The molecule has 2 aromatic heterocycles. The van der Waals surface area contributed by atoms with Crippen molar-refractivity contribution in [2.24, 2.45) is 0 Å². The van der Waals surface area contributed by atoms with Crippen LogP contribution in [0.25, 0.3) is 5.65 Å². The molecule has 2 aliphatic heterocycles. The molecule has 0 bridgehead atoms. The van der Waals surface area contributed by atoms with Gasteiger partial charge in [-0.05, 0) is 37.9 Å². The summed E-state index contributed by atoms with van der Waals surface area (Å²) in [5.74, 6) is -0.307. The summed E-state index contributed by atoms with van der Waals surface area (Å²) in [6, 6.07) is 5.88. The van der Waals surface area contributed by atoms with Crippen LogP contribution in [0.4, 0.5) is 0 Å². The summed E-state index contributed by atoms with van der Waals surface area (Å²) < 4.78 is 1.41. The zero-order valence-electron chi connectivity index (χ0n) is 12.9. The first-order valence-electron chi connectivity index (χ1n) is 8.25. The van der Waals surface area contributed by atoms with Gasteiger partial charge in [0.1, 0.15) is 11.2 Å². The number of fused-ring (bicyclic) bond motifs is 2. The molecule has 4 rings (SSSR count). The van der Waals surface area contributed by atoms with Crippen molar-refractivity contribution < 1.29 is 4.79 Å². The quantitative estimate of drug-likeness (QED) is 0.900. The zero-order valence-corrected chi connectivity index (χ0v) is 12.9. The first kappa shape index (κ1) is 14.4. The monoisotopic (exact) mass is 312 g/mol. The van der Waals surface area contributed by atoms with Crippen molar-refractivity contribution in [2.75, 3.05) is 13.1 Å². The lowest BCUT2D eigenvalue weighted by molar-refractivity contribution is 0.0913. The molecule has 120 valence electrons. The molecule has 4 heterocycles. The van der Waals surface area contributed by atoms with Gasteiger partial charge in [0.05, 0.1) is 0 Å². The number of hydrogen-bond acceptors (Lipinski definition) is 4. The molecule has 6 nitrogen and oxygen atoms in total. The molecule has 0 aliphatic carbocycles. The van der Waals surface area contributed by atoms with Crippen LogP contribution in [-0.4, -0.2) is 45.4 Å². The van der Waals surface area contributed by atoms with E-state index in [4.69, 9.17) is 0 Å². The van der Waals surface area contributed by atoms with E-state index in [1.54, 1.807) is 18.3 Å². The van der Waals surface area contributed by atoms with Gasteiger partial charge in [-0.15, -0.1) is 0 Å². The second-order valence-corrected chi connectivity index (χ2v) is 6.37. The minimum Gasteiger partial charge on any atom is -0.347 e. The highest BCUT2D eigenvalue weighted by atomic mass is 16.2. The fourth-order valence-corrected chi connectivity index (χ4v) is 3.84. The maximum Gasteiger partial charge on any atom is 0.270 e. The Kier molecular flexibility index (Phi) is 3.61. The average Bonchev–Trinajstić information content (AvgIpc) is 2.98. The van der Waals surface area contributed by atoms with Crippen molar-refractivity contribution in [3.05, 3.63) is 46.5 Å². The van der Waals surface area contributed by atoms with Gasteiger partial charge < -0.3 is 5.32 Å². The highest BCUT2D eigenvalue weighted by molar-refractivity contribution is 5.94. The molecule has 0 spiro atoms. The van der Waals surface area contributed by atoms with Crippen LogP contribution in [0.2, 0.25) is 0 Å². The molecule has 23 heavy (non-hydrogen) atoms. The normalized spacial score (nSPS) is 24.5. The fourth-order valence-electron chi connectivity index (χ4n) is 3.84. The number of piperidine rings is 1. The third-order valence-corrected chi connectivity index (χ3v) is 5.03. The molecule has 0 saturated carbocycles. The van der Waals surface area contributed by atoms with E-state index in [0.717, 1.165) is 25.9 Å². The summed E-state index contributed by atoms with van der Waals surface area (Å²) in [6.07, 6.45) is 7.57. The van der Waals surface area contributed by atoms with Crippen LogP contribution < -0.4 is 10.9 Å². The Morgan fingerprint density at radius 3 is 3.04 bits per heavy atom. The predicted molar refractivity (Wildman–Crippen MR) is 86.5 cm³/mol. The number of aromatic nitrogens is 2. The van der Waals surface area contributed by atoms with Crippen LogP contribution in [0.15, 0.2) is 35.4 Å². The van der Waals surface area contributed by atoms with Gasteiger partial charge in [0, 0.05) is 31.0 Å². The Bertz CT molecular complexity index is 801. The van der Waals surface area contributed by atoms with Crippen molar-refractivity contribution in [3.8, 4) is 0 Å². The molecule has 2 fully saturated rings. The van der Waals surface area contributed by atoms with E-state index < -0.39 is 0 Å². The first-order valence-corrected chi connectivity index (χ1v) is 8.25. The number of nitrogens with zero attached hydrogens (tertiary/aromatic N) is 3. The van der Waals surface area contributed by atoms with E-state index in [-0.39, 0.29) is 23.1 Å². The molecule has 0 aromatic carbocycles. The highest BCUT2D eigenvalue weighted by Crippen LogP contribution is 2.27. The van der Waals surface area contributed by atoms with E-state index in [9.17, 15) is 9.59 Å². The maximum atomic E-state index is 12.6. The summed E-state index contributed by atoms with van der Waals surface area (Å²) in [6.45, 7) is 2.15. The van der Waals surface area contributed by atoms with Crippen LogP contribution in [0.5, 0.6) is 0 Å². The molecule has 0 unspecified atom stereocenters. The van der Waals surface area contributed by atoms with Gasteiger partial charge in [-0.2, -0.15) is 0 Å². The second kappa shape index (κ2) is 5.77. The number of pyridine rings is 1. The molecule has 2 saturated heterocycles. The van der Waals surface area contributed by atoms with Gasteiger partial charge in [-0.25, -0.2) is 4.98 Å². The van der Waals surface area contributed by atoms with Gasteiger partial charge in [-0.1, -0.05) is 12.5 Å². The highest BCUT2D eigenvalue weighted by Gasteiger charge is 2.36. The third kappa shape index (κ3) is 2.53. The van der Waals surface area contributed by atoms with Crippen LogP contribution in [0.3, 0.4) is 0 Å². The lowest BCUT2D eigenvalue weighted by Crippen LogP contribution is -2.47. The molecule has 2 aromatic rings. The fraction of sp³-hybridized carbons (Fsp3) is 0.471. The number of hydrogen-bond donors (Lipinski definition) is 1. The standard InChI is InChI=1S/C17H20N4O2/c22-16(19-13-7-10-20-8-3-1-5-14(13)20)12-11-18-15-6-2-4-9-21(15)17(12)23/h2,4,6,9,11,13-14H,1,3,5,7-8,10H2,(H,19,22)/t13-,14+/m0/s1. The smallest absolute Gasteiger partial charge is 0.270 e. The van der Waals surface area contributed by atoms with Crippen LogP contribution in [0, 0.1) is 0 Å². The maximum absolute atomic E-state index is 12.6. The van der Waals surface area contributed by atoms with Crippen molar-refractivity contribution in [1.82, 2.24) is 19.6 Å². The third-order valence-electron chi connectivity index (χ3n) is 5.03. The number of carbonyl (C=O) groups excluding carboxylic acids is 1. The Hall–Kier alpha value is -2.21. The molecular formula is C17H20N4O2. The Balaban J connectivity index is 1.58. The van der Waals surface area contributed by atoms with E-state index in [1.807, 2.05) is 6.07 Å². The number of carbonyl (C=O) groups is 1. The topological polar surface area (TPSA) is 66.7 Å². The number of rotatable bonds is 2. The van der Waals surface area contributed by atoms with E-state index >= 15 is 0 Å². The summed E-state index contributed by atoms with van der Waals surface area (Å²) in [5, 5.41) is 3.07. The molecule has 1 amide bonds. The van der Waals surface area contributed by atoms with Gasteiger partial charge in [0.15, 0.2) is 0 Å². The Morgan fingerprint density at radius 1 is 1.22 bits per heavy atom. The van der Waals surface area contributed by atoms with Gasteiger partial charge in [-0.3, -0.25) is 18.9 Å². The molecule has 2 atom stereocenters. The summed E-state index contributed by atoms with van der Waals surface area (Å²) in [5.41, 5.74) is 0.350. The van der Waals surface area contributed by atoms with Crippen molar-refractivity contribution >= 4 is 11.6 Å². The van der Waals surface area contributed by atoms with Crippen LogP contribution in [0.1, 0.15) is 36.0 Å². The van der Waals surface area contributed by atoms with Crippen LogP contribution >= 0.6 is 0 Å². The van der Waals surface area contributed by atoms with E-state index in [2.05, 4.69) is 15.2 Å². The van der Waals surface area contributed by atoms with Crippen molar-refractivity contribution in [3.63, 3.8) is 0 Å². The van der Waals surface area contributed by atoms with Crippen LogP contribution in [-0.2, 0) is 0 Å². The van der Waals surface area contributed by atoms with E-state index in [1.165, 1.54) is 23.4 Å². The number of amides is 1. The summed E-state index contributed by atoms with van der Waals surface area (Å²) in [4.78, 5) is 31.7. The molecule has 1 N–H and O–H groups in total. The lowest BCUT2D eigenvalue weighted by Gasteiger charge is -2.32. The largest absolute Gasteiger partial charge is 0.347 e. The Labute approximate surface area is 134 Å². The predicted octanol–water partition coefficient (Wildman–Crippen LogP) is 1.05. The first-order chi connectivity index (χ1) is 11.2. The van der Waals surface area contributed by atoms with E-state index in [0.29, 0.717) is 11.7 Å². The van der Waals surface area contributed by atoms with Gasteiger partial charge in [0.2, 0.25) is 0 Å². The summed E-state index contributed by atoms with van der Waals surface area (Å²) >= 11 is 0. The molecule has 6 heteroatoms.